The normalized spacial score (nSPS) is 26.8. The van der Waals surface area contributed by atoms with Crippen LogP contribution < -0.4 is 5.73 Å². The number of aryl methyl sites for hydroxylation is 2. The van der Waals surface area contributed by atoms with Crippen LogP contribution in [0.1, 0.15) is 65.6 Å². The SMILES string of the molecule is C=NN1C=C(C)C(N2CC[C@H](N)C2)=N/C1=C/C1CCCCN1C(=O)c1cc2c(s1)CCCC2. The smallest absolute Gasteiger partial charge is 0.264 e. The molecule has 2 atom stereocenters. The van der Waals surface area contributed by atoms with Crippen LogP contribution in [-0.2, 0) is 12.8 Å². The van der Waals surface area contributed by atoms with E-state index in [0.717, 1.165) is 80.3 Å². The van der Waals surface area contributed by atoms with Crippen molar-refractivity contribution in [3.05, 3.63) is 45.1 Å². The van der Waals surface area contributed by atoms with Gasteiger partial charge < -0.3 is 15.5 Å². The van der Waals surface area contributed by atoms with E-state index in [9.17, 15) is 4.79 Å². The van der Waals surface area contributed by atoms with E-state index < -0.39 is 0 Å². The second-order valence-corrected chi connectivity index (χ2v) is 10.7. The molecule has 8 heteroatoms. The van der Waals surface area contributed by atoms with Crippen molar-refractivity contribution in [2.75, 3.05) is 19.6 Å². The van der Waals surface area contributed by atoms with E-state index in [1.807, 2.05) is 18.0 Å². The lowest BCUT2D eigenvalue weighted by Gasteiger charge is -2.35. The minimum atomic E-state index is 0.00210. The van der Waals surface area contributed by atoms with E-state index in [-0.39, 0.29) is 18.0 Å². The van der Waals surface area contributed by atoms with Crippen molar-refractivity contribution in [3.63, 3.8) is 0 Å². The number of nitrogens with zero attached hydrogens (tertiary/aromatic N) is 5. The molecule has 0 saturated carbocycles. The average Bonchev–Trinajstić information content (AvgIpc) is 3.46. The topological polar surface area (TPSA) is 77.5 Å². The highest BCUT2D eigenvalue weighted by molar-refractivity contribution is 7.14. The number of carbonyl (C=O) groups is 1. The molecule has 3 aliphatic heterocycles. The van der Waals surface area contributed by atoms with Gasteiger partial charge in [0, 0.05) is 49.0 Å². The van der Waals surface area contributed by atoms with Gasteiger partial charge in [-0.25, -0.2) is 10.0 Å². The third kappa shape index (κ3) is 4.51. The molecule has 0 spiro atoms. The molecule has 1 unspecified atom stereocenters. The predicted molar refractivity (Wildman–Crippen MR) is 134 cm³/mol. The van der Waals surface area contributed by atoms with E-state index in [4.69, 9.17) is 10.7 Å². The summed E-state index contributed by atoms with van der Waals surface area (Å²) in [7, 11) is 0. The van der Waals surface area contributed by atoms with Crippen LogP contribution in [0.15, 0.2) is 39.8 Å². The third-order valence-electron chi connectivity index (χ3n) is 7.16. The van der Waals surface area contributed by atoms with Gasteiger partial charge in [-0.05, 0) is 76.0 Å². The number of nitrogens with two attached hydrogens (primary N) is 1. The maximum absolute atomic E-state index is 13.6. The fourth-order valence-corrected chi connectivity index (χ4v) is 6.58. The lowest BCUT2D eigenvalue weighted by Crippen LogP contribution is -2.43. The van der Waals surface area contributed by atoms with Crippen LogP contribution in [0.4, 0.5) is 0 Å². The van der Waals surface area contributed by atoms with Gasteiger partial charge in [-0.2, -0.15) is 5.10 Å². The van der Waals surface area contributed by atoms with Crippen LogP contribution in [0.25, 0.3) is 0 Å². The second-order valence-electron chi connectivity index (χ2n) is 9.58. The summed E-state index contributed by atoms with van der Waals surface area (Å²) in [5, 5.41) is 5.91. The fourth-order valence-electron chi connectivity index (χ4n) is 5.37. The Morgan fingerprint density at radius 1 is 1.24 bits per heavy atom. The number of amides is 1. The van der Waals surface area contributed by atoms with Gasteiger partial charge in [0.1, 0.15) is 5.84 Å². The summed E-state index contributed by atoms with van der Waals surface area (Å²) in [6, 6.07) is 2.34. The molecule has 2 fully saturated rings. The molecule has 1 aromatic heterocycles. The summed E-state index contributed by atoms with van der Waals surface area (Å²) in [4.78, 5) is 25.1. The number of amidine groups is 1. The van der Waals surface area contributed by atoms with Crippen molar-refractivity contribution < 1.29 is 4.79 Å². The van der Waals surface area contributed by atoms with Crippen molar-refractivity contribution in [1.29, 1.82) is 0 Å². The van der Waals surface area contributed by atoms with Gasteiger partial charge in [-0.15, -0.1) is 11.3 Å². The standard InChI is InChI=1S/C25H34N6OS/c1-17-15-31(27-2)23(28-24(17)29-12-10-19(26)16-29)14-20-8-5-6-11-30(20)25(32)22-13-18-7-3-4-9-21(18)33-22/h13-15,19-20H,2-12,16,26H2,1H3/b23-14-/t19-,20?/m0/s1. The highest BCUT2D eigenvalue weighted by atomic mass is 32.1. The molecule has 0 bridgehead atoms. The Morgan fingerprint density at radius 2 is 2.09 bits per heavy atom. The first kappa shape index (κ1) is 22.3. The van der Waals surface area contributed by atoms with Crippen LogP contribution in [0.3, 0.4) is 0 Å². The highest BCUT2D eigenvalue weighted by Crippen LogP contribution is 2.32. The molecule has 0 radical (unpaired) electrons. The molecule has 2 N–H and O–H groups in total. The number of carbonyl (C=O) groups excluding carboxylic acids is 1. The quantitative estimate of drug-likeness (QED) is 0.689. The van der Waals surface area contributed by atoms with E-state index in [0.29, 0.717) is 0 Å². The minimum Gasteiger partial charge on any atom is -0.355 e. The number of likely N-dealkylation sites (tertiary alicyclic amines) is 2. The van der Waals surface area contributed by atoms with Gasteiger partial charge in [0.05, 0.1) is 10.9 Å². The van der Waals surface area contributed by atoms with Gasteiger partial charge in [0.15, 0.2) is 5.82 Å². The van der Waals surface area contributed by atoms with E-state index in [1.54, 1.807) is 16.3 Å². The third-order valence-corrected chi connectivity index (χ3v) is 8.38. The maximum Gasteiger partial charge on any atom is 0.264 e. The number of piperidine rings is 1. The Kier molecular flexibility index (Phi) is 6.38. The summed E-state index contributed by atoms with van der Waals surface area (Å²) < 4.78 is 0. The zero-order valence-corrected chi connectivity index (χ0v) is 20.3. The molecule has 7 nitrogen and oxygen atoms in total. The van der Waals surface area contributed by atoms with Gasteiger partial charge in [-0.3, -0.25) is 4.79 Å². The van der Waals surface area contributed by atoms with Crippen molar-refractivity contribution in [3.8, 4) is 0 Å². The number of hydrogen-bond donors (Lipinski definition) is 1. The summed E-state index contributed by atoms with van der Waals surface area (Å²) in [5.74, 6) is 1.85. The lowest BCUT2D eigenvalue weighted by molar-refractivity contribution is 0.0667. The maximum atomic E-state index is 13.6. The average molecular weight is 467 g/mol. The monoisotopic (exact) mass is 466 g/mol. The summed E-state index contributed by atoms with van der Waals surface area (Å²) >= 11 is 1.70. The van der Waals surface area contributed by atoms with Gasteiger partial charge in [0.2, 0.25) is 0 Å². The summed E-state index contributed by atoms with van der Waals surface area (Å²) in [5.41, 5.74) is 8.58. The summed E-state index contributed by atoms with van der Waals surface area (Å²) in [6.07, 6.45) is 12.8. The number of thiophene rings is 1. The molecule has 5 rings (SSSR count). The van der Waals surface area contributed by atoms with Crippen LogP contribution in [0.5, 0.6) is 0 Å². The molecule has 2 saturated heterocycles. The molecule has 4 heterocycles. The van der Waals surface area contributed by atoms with Crippen molar-refractivity contribution in [2.45, 2.75) is 70.4 Å². The molecular formula is C25H34N6OS. The number of hydrazone groups is 1. The van der Waals surface area contributed by atoms with Gasteiger partial charge in [-0.1, -0.05) is 0 Å². The van der Waals surface area contributed by atoms with E-state index in [2.05, 4.69) is 28.9 Å². The van der Waals surface area contributed by atoms with Crippen molar-refractivity contribution >= 4 is 29.8 Å². The zero-order valence-electron chi connectivity index (χ0n) is 19.5. The molecular weight excluding hydrogens is 432 g/mol. The fraction of sp³-hybridized carbons (Fsp3) is 0.560. The highest BCUT2D eigenvalue weighted by Gasteiger charge is 2.31. The van der Waals surface area contributed by atoms with Crippen LogP contribution in [0, 0.1) is 0 Å². The molecule has 33 heavy (non-hydrogen) atoms. The predicted octanol–water partition coefficient (Wildman–Crippen LogP) is 3.73. The van der Waals surface area contributed by atoms with Gasteiger partial charge >= 0.3 is 0 Å². The Morgan fingerprint density at radius 3 is 2.85 bits per heavy atom. The van der Waals surface area contributed by atoms with E-state index >= 15 is 0 Å². The largest absolute Gasteiger partial charge is 0.355 e. The number of fused-ring (bicyclic) bond motifs is 1. The number of hydrogen-bond acceptors (Lipinski definition) is 7. The second kappa shape index (κ2) is 9.43. The molecule has 176 valence electrons. The first-order valence-electron chi connectivity index (χ1n) is 12.2. The summed E-state index contributed by atoms with van der Waals surface area (Å²) in [6.45, 7) is 8.30. The Balaban J connectivity index is 1.42. The molecule has 1 amide bonds. The van der Waals surface area contributed by atoms with E-state index in [1.165, 1.54) is 23.3 Å². The Bertz CT molecular complexity index is 1000. The number of rotatable bonds is 3. The molecule has 4 aliphatic rings. The van der Waals surface area contributed by atoms with Crippen LogP contribution in [-0.4, -0.2) is 65.0 Å². The molecule has 0 aromatic carbocycles. The Hall–Kier alpha value is -2.45. The van der Waals surface area contributed by atoms with Crippen molar-refractivity contribution in [2.24, 2.45) is 15.8 Å². The van der Waals surface area contributed by atoms with Crippen molar-refractivity contribution in [1.82, 2.24) is 14.8 Å². The van der Waals surface area contributed by atoms with Crippen LogP contribution in [0.2, 0.25) is 0 Å². The first-order chi connectivity index (χ1) is 16.0. The zero-order chi connectivity index (χ0) is 22.9. The molecule has 1 aliphatic carbocycles. The lowest BCUT2D eigenvalue weighted by atomic mass is 9.98. The Labute approximate surface area is 200 Å². The minimum absolute atomic E-state index is 0.00210. The molecule has 1 aromatic rings. The first-order valence-corrected chi connectivity index (χ1v) is 13.0. The van der Waals surface area contributed by atoms with Crippen LogP contribution >= 0.6 is 11.3 Å². The van der Waals surface area contributed by atoms with Gasteiger partial charge in [0.25, 0.3) is 5.91 Å². The number of aliphatic imine (C=N–C) groups is 1.